The van der Waals surface area contributed by atoms with Crippen LogP contribution in [0.15, 0.2) is 24.4 Å². The molecule has 0 aliphatic heterocycles. The van der Waals surface area contributed by atoms with E-state index in [0.29, 0.717) is 11.8 Å². The standard InChI is InChI=1S/C18H23FN4/c19-16-3-1-2-15-14(16)8-9-18(15)23-11-17(21-22-23)13-6-4-12(10-20)5-7-13/h1-3,11-13,18H,4-10,20H2. The van der Waals surface area contributed by atoms with Gasteiger partial charge in [-0.1, -0.05) is 17.3 Å². The Labute approximate surface area is 135 Å². The first kappa shape index (κ1) is 14.8. The number of nitrogens with two attached hydrogens (primary N) is 1. The molecule has 1 atom stereocenters. The number of rotatable bonds is 3. The molecule has 1 fully saturated rings. The monoisotopic (exact) mass is 314 g/mol. The van der Waals surface area contributed by atoms with Gasteiger partial charge in [-0.05, 0) is 68.2 Å². The zero-order chi connectivity index (χ0) is 15.8. The minimum absolute atomic E-state index is 0.0922. The summed E-state index contributed by atoms with van der Waals surface area (Å²) in [4.78, 5) is 0. The van der Waals surface area contributed by atoms with E-state index < -0.39 is 0 Å². The predicted octanol–water partition coefficient (Wildman–Crippen LogP) is 3.19. The van der Waals surface area contributed by atoms with E-state index in [1.807, 2.05) is 10.7 Å². The van der Waals surface area contributed by atoms with Crippen LogP contribution in [-0.4, -0.2) is 21.5 Å². The van der Waals surface area contributed by atoms with Crippen LogP contribution in [-0.2, 0) is 6.42 Å². The summed E-state index contributed by atoms with van der Waals surface area (Å²) < 4.78 is 15.8. The molecule has 2 aliphatic rings. The molecule has 1 aromatic heterocycles. The van der Waals surface area contributed by atoms with E-state index in [0.717, 1.165) is 49.0 Å². The van der Waals surface area contributed by atoms with Gasteiger partial charge in [0.25, 0.3) is 0 Å². The van der Waals surface area contributed by atoms with Crippen molar-refractivity contribution in [2.24, 2.45) is 11.7 Å². The van der Waals surface area contributed by atoms with Crippen LogP contribution in [0, 0.1) is 11.7 Å². The molecule has 2 N–H and O–H groups in total. The molecule has 122 valence electrons. The Kier molecular flexibility index (Phi) is 3.89. The van der Waals surface area contributed by atoms with Gasteiger partial charge in [0.05, 0.1) is 11.7 Å². The minimum atomic E-state index is -0.0922. The van der Waals surface area contributed by atoms with Gasteiger partial charge in [-0.25, -0.2) is 9.07 Å². The summed E-state index contributed by atoms with van der Waals surface area (Å²) in [6, 6.07) is 5.48. The third-order valence-electron chi connectivity index (χ3n) is 5.63. The van der Waals surface area contributed by atoms with E-state index in [-0.39, 0.29) is 11.9 Å². The molecule has 0 saturated heterocycles. The van der Waals surface area contributed by atoms with Crippen molar-refractivity contribution in [2.75, 3.05) is 6.54 Å². The van der Waals surface area contributed by atoms with Crippen LogP contribution in [0.25, 0.3) is 0 Å². The van der Waals surface area contributed by atoms with E-state index in [2.05, 4.69) is 16.5 Å². The van der Waals surface area contributed by atoms with E-state index >= 15 is 0 Å². The first-order valence-corrected chi connectivity index (χ1v) is 8.65. The van der Waals surface area contributed by atoms with Crippen molar-refractivity contribution in [3.63, 3.8) is 0 Å². The third-order valence-corrected chi connectivity index (χ3v) is 5.63. The highest BCUT2D eigenvalue weighted by molar-refractivity contribution is 5.36. The normalized spacial score (nSPS) is 27.1. The largest absolute Gasteiger partial charge is 0.330 e. The molecule has 23 heavy (non-hydrogen) atoms. The number of hydrogen-bond acceptors (Lipinski definition) is 3. The van der Waals surface area contributed by atoms with Gasteiger partial charge >= 0.3 is 0 Å². The first-order valence-electron chi connectivity index (χ1n) is 8.65. The second kappa shape index (κ2) is 6.04. The molecule has 1 unspecified atom stereocenters. The van der Waals surface area contributed by atoms with Crippen LogP contribution in [0.3, 0.4) is 0 Å². The van der Waals surface area contributed by atoms with Crippen LogP contribution in [0.2, 0.25) is 0 Å². The fraction of sp³-hybridized carbons (Fsp3) is 0.556. The Morgan fingerprint density at radius 1 is 1.17 bits per heavy atom. The van der Waals surface area contributed by atoms with Crippen LogP contribution in [0.5, 0.6) is 0 Å². The lowest BCUT2D eigenvalue weighted by Crippen LogP contribution is -2.20. The summed E-state index contributed by atoms with van der Waals surface area (Å²) in [6.07, 6.45) is 8.43. The van der Waals surface area contributed by atoms with Crippen LogP contribution in [0.1, 0.15) is 60.9 Å². The average molecular weight is 314 g/mol. The Morgan fingerprint density at radius 2 is 2.00 bits per heavy atom. The smallest absolute Gasteiger partial charge is 0.126 e. The van der Waals surface area contributed by atoms with Crippen molar-refractivity contribution in [3.05, 3.63) is 47.0 Å². The molecular formula is C18H23FN4. The molecule has 1 heterocycles. The lowest BCUT2D eigenvalue weighted by atomic mass is 9.81. The maximum Gasteiger partial charge on any atom is 0.126 e. The van der Waals surface area contributed by atoms with Crippen molar-refractivity contribution in [3.8, 4) is 0 Å². The Hall–Kier alpha value is -1.75. The van der Waals surface area contributed by atoms with Crippen LogP contribution < -0.4 is 5.73 Å². The lowest BCUT2D eigenvalue weighted by Gasteiger charge is -2.26. The van der Waals surface area contributed by atoms with Gasteiger partial charge in [0, 0.05) is 12.1 Å². The topological polar surface area (TPSA) is 56.7 Å². The maximum absolute atomic E-state index is 13.9. The molecular weight excluding hydrogens is 291 g/mol. The van der Waals surface area contributed by atoms with E-state index in [4.69, 9.17) is 5.73 Å². The summed E-state index contributed by atoms with van der Waals surface area (Å²) in [7, 11) is 0. The van der Waals surface area contributed by atoms with Gasteiger partial charge in [-0.2, -0.15) is 0 Å². The molecule has 0 radical (unpaired) electrons. The molecule has 2 aliphatic carbocycles. The Balaban J connectivity index is 1.53. The van der Waals surface area contributed by atoms with Crippen molar-refractivity contribution in [1.29, 1.82) is 0 Å². The minimum Gasteiger partial charge on any atom is -0.330 e. The van der Waals surface area contributed by atoms with E-state index in [1.165, 1.54) is 12.8 Å². The SMILES string of the molecule is NCC1CCC(c2cn(C3CCc4c(F)cccc43)nn2)CC1. The summed E-state index contributed by atoms with van der Waals surface area (Å²) in [6.45, 7) is 0.795. The summed E-state index contributed by atoms with van der Waals surface area (Å²) in [5.41, 5.74) is 8.77. The molecule has 4 rings (SSSR count). The van der Waals surface area contributed by atoms with E-state index in [9.17, 15) is 4.39 Å². The quantitative estimate of drug-likeness (QED) is 0.946. The fourth-order valence-electron chi connectivity index (χ4n) is 4.19. The number of aromatic nitrogens is 3. The van der Waals surface area contributed by atoms with Gasteiger partial charge < -0.3 is 5.73 Å². The second-order valence-corrected chi connectivity index (χ2v) is 6.94. The summed E-state index contributed by atoms with van der Waals surface area (Å²) in [5, 5.41) is 8.78. The Bertz CT molecular complexity index is 688. The second-order valence-electron chi connectivity index (χ2n) is 6.94. The van der Waals surface area contributed by atoms with Crippen LogP contribution >= 0.6 is 0 Å². The molecule has 2 aromatic rings. The fourth-order valence-corrected chi connectivity index (χ4v) is 4.19. The van der Waals surface area contributed by atoms with Crippen molar-refractivity contribution >= 4 is 0 Å². The summed E-state index contributed by atoms with van der Waals surface area (Å²) >= 11 is 0. The lowest BCUT2D eigenvalue weighted by molar-refractivity contribution is 0.329. The highest BCUT2D eigenvalue weighted by atomic mass is 19.1. The van der Waals surface area contributed by atoms with Gasteiger partial charge in [0.1, 0.15) is 5.82 Å². The predicted molar refractivity (Wildman–Crippen MR) is 86.6 cm³/mol. The number of halogens is 1. The summed E-state index contributed by atoms with van der Waals surface area (Å²) in [5.74, 6) is 1.08. The first-order chi connectivity index (χ1) is 11.3. The number of hydrogen-bond donors (Lipinski definition) is 1. The molecule has 0 amide bonds. The number of fused-ring (bicyclic) bond motifs is 1. The molecule has 0 bridgehead atoms. The molecule has 0 spiro atoms. The van der Waals surface area contributed by atoms with Gasteiger partial charge in [-0.15, -0.1) is 5.10 Å². The molecule has 1 aromatic carbocycles. The van der Waals surface area contributed by atoms with Crippen molar-refractivity contribution < 1.29 is 4.39 Å². The number of benzene rings is 1. The molecule has 1 saturated carbocycles. The highest BCUT2D eigenvalue weighted by Gasteiger charge is 2.29. The molecule has 5 heteroatoms. The average Bonchev–Trinajstić information content (AvgIpc) is 3.22. The maximum atomic E-state index is 13.9. The van der Waals surface area contributed by atoms with Gasteiger partial charge in [0.2, 0.25) is 0 Å². The van der Waals surface area contributed by atoms with Gasteiger partial charge in [-0.3, -0.25) is 0 Å². The van der Waals surface area contributed by atoms with Crippen LogP contribution in [0.4, 0.5) is 4.39 Å². The number of nitrogens with zero attached hydrogens (tertiary/aromatic N) is 3. The highest BCUT2D eigenvalue weighted by Crippen LogP contribution is 2.37. The molecule has 4 nitrogen and oxygen atoms in total. The van der Waals surface area contributed by atoms with Crippen molar-refractivity contribution in [2.45, 2.75) is 50.5 Å². The van der Waals surface area contributed by atoms with E-state index in [1.54, 1.807) is 12.1 Å². The Morgan fingerprint density at radius 3 is 2.78 bits per heavy atom. The third kappa shape index (κ3) is 2.67. The zero-order valence-electron chi connectivity index (χ0n) is 13.3. The van der Waals surface area contributed by atoms with Crippen molar-refractivity contribution in [1.82, 2.24) is 15.0 Å². The van der Waals surface area contributed by atoms with Gasteiger partial charge in [0.15, 0.2) is 0 Å². The zero-order valence-corrected chi connectivity index (χ0v) is 13.3.